The summed E-state index contributed by atoms with van der Waals surface area (Å²) in [5.41, 5.74) is 3.29. The third-order valence-corrected chi connectivity index (χ3v) is 4.07. The van der Waals surface area contributed by atoms with E-state index >= 15 is 0 Å². The first-order valence-corrected chi connectivity index (χ1v) is 7.87. The van der Waals surface area contributed by atoms with Crippen molar-refractivity contribution in [1.29, 1.82) is 0 Å². The number of benzene rings is 2. The van der Waals surface area contributed by atoms with E-state index < -0.39 is 0 Å². The van der Waals surface area contributed by atoms with Gasteiger partial charge in [0.15, 0.2) is 0 Å². The Morgan fingerprint density at radius 1 is 1.09 bits per heavy atom. The van der Waals surface area contributed by atoms with Crippen LogP contribution in [0.25, 0.3) is 0 Å². The molecule has 0 N–H and O–H groups in total. The Morgan fingerprint density at radius 3 is 2.59 bits per heavy atom. The van der Waals surface area contributed by atoms with Crippen molar-refractivity contribution in [2.24, 2.45) is 0 Å². The molecule has 0 aliphatic carbocycles. The topological polar surface area (TPSA) is 29.5 Å². The minimum Gasteiger partial charge on any atom is -0.494 e. The van der Waals surface area contributed by atoms with Gasteiger partial charge < -0.3 is 9.64 Å². The zero-order valence-electron chi connectivity index (χ0n) is 12.9. The smallest absolute Gasteiger partial charge is 0.254 e. The van der Waals surface area contributed by atoms with Gasteiger partial charge in [-0.15, -0.1) is 0 Å². The lowest BCUT2D eigenvalue weighted by Crippen LogP contribution is -2.26. The molecule has 1 aliphatic heterocycles. The first-order valence-electron chi connectivity index (χ1n) is 7.87. The molecule has 1 aliphatic rings. The minimum atomic E-state index is 0.142. The van der Waals surface area contributed by atoms with Crippen LogP contribution in [0.1, 0.15) is 34.8 Å². The van der Waals surface area contributed by atoms with Crippen molar-refractivity contribution >= 4 is 5.91 Å². The fourth-order valence-corrected chi connectivity index (χ4v) is 2.76. The number of nitrogens with zero attached hydrogens (tertiary/aromatic N) is 1. The van der Waals surface area contributed by atoms with E-state index in [0.717, 1.165) is 42.8 Å². The summed E-state index contributed by atoms with van der Waals surface area (Å²) in [6, 6.07) is 16.0. The predicted molar refractivity (Wildman–Crippen MR) is 87.1 cm³/mol. The van der Waals surface area contributed by atoms with Gasteiger partial charge in [-0.25, -0.2) is 0 Å². The molecule has 1 heterocycles. The molecule has 2 aromatic rings. The number of ether oxygens (including phenoxy) is 1. The second kappa shape index (κ2) is 6.65. The highest BCUT2D eigenvalue weighted by atomic mass is 16.5. The number of hydrogen-bond acceptors (Lipinski definition) is 2. The van der Waals surface area contributed by atoms with Crippen molar-refractivity contribution in [3.63, 3.8) is 0 Å². The monoisotopic (exact) mass is 295 g/mol. The van der Waals surface area contributed by atoms with Crippen LogP contribution in [0.5, 0.6) is 5.75 Å². The van der Waals surface area contributed by atoms with Gasteiger partial charge in [0.1, 0.15) is 5.75 Å². The largest absolute Gasteiger partial charge is 0.494 e. The van der Waals surface area contributed by atoms with Gasteiger partial charge in [-0.3, -0.25) is 4.79 Å². The summed E-state index contributed by atoms with van der Waals surface area (Å²) in [4.78, 5) is 14.1. The van der Waals surface area contributed by atoms with Crippen LogP contribution in [0.2, 0.25) is 0 Å². The van der Waals surface area contributed by atoms with E-state index in [1.807, 2.05) is 41.3 Å². The summed E-state index contributed by atoms with van der Waals surface area (Å²) in [6.07, 6.45) is 1.88. The number of amides is 1. The van der Waals surface area contributed by atoms with E-state index in [1.165, 1.54) is 5.56 Å². The van der Waals surface area contributed by atoms with Gasteiger partial charge in [-0.2, -0.15) is 0 Å². The average Bonchev–Trinajstić information content (AvgIpc) is 2.89. The third kappa shape index (κ3) is 3.14. The van der Waals surface area contributed by atoms with Crippen LogP contribution in [0, 0.1) is 0 Å². The zero-order valence-corrected chi connectivity index (χ0v) is 12.9. The van der Waals surface area contributed by atoms with Gasteiger partial charge in [0.05, 0.1) is 6.61 Å². The van der Waals surface area contributed by atoms with E-state index in [2.05, 4.69) is 19.1 Å². The van der Waals surface area contributed by atoms with Gasteiger partial charge in [0.2, 0.25) is 0 Å². The number of rotatable bonds is 6. The molecule has 0 radical (unpaired) electrons. The fraction of sp³-hybridized carbons (Fsp3) is 0.316. The molecule has 0 aromatic heterocycles. The molecule has 3 heteroatoms. The quantitative estimate of drug-likeness (QED) is 0.761. The van der Waals surface area contributed by atoms with Crippen molar-refractivity contribution < 1.29 is 9.53 Å². The first-order chi connectivity index (χ1) is 10.8. The van der Waals surface area contributed by atoms with Gasteiger partial charge >= 0.3 is 0 Å². The van der Waals surface area contributed by atoms with Crippen LogP contribution in [0.15, 0.2) is 48.5 Å². The molecule has 0 saturated heterocycles. The third-order valence-electron chi connectivity index (χ3n) is 4.07. The molecule has 0 spiro atoms. The Kier molecular flexibility index (Phi) is 4.42. The van der Waals surface area contributed by atoms with E-state index in [9.17, 15) is 4.79 Å². The van der Waals surface area contributed by atoms with Gasteiger partial charge in [-0.1, -0.05) is 37.3 Å². The maximum absolute atomic E-state index is 12.2. The Hall–Kier alpha value is -2.29. The molecule has 0 atom stereocenters. The molecule has 3 nitrogen and oxygen atoms in total. The summed E-state index contributed by atoms with van der Waals surface area (Å²) in [6.45, 7) is 4.23. The lowest BCUT2D eigenvalue weighted by Gasteiger charge is -2.15. The molecule has 0 saturated carbocycles. The summed E-state index contributed by atoms with van der Waals surface area (Å²) in [7, 11) is 0. The number of fused-ring (bicyclic) bond motifs is 1. The highest BCUT2D eigenvalue weighted by Crippen LogP contribution is 2.22. The number of carbonyl (C=O) groups excluding carboxylic acids is 1. The Morgan fingerprint density at radius 2 is 1.86 bits per heavy atom. The van der Waals surface area contributed by atoms with E-state index in [-0.39, 0.29) is 5.91 Å². The zero-order chi connectivity index (χ0) is 15.4. The van der Waals surface area contributed by atoms with Crippen molar-refractivity contribution in [3.8, 4) is 5.75 Å². The van der Waals surface area contributed by atoms with Crippen LogP contribution in [-0.4, -0.2) is 24.0 Å². The van der Waals surface area contributed by atoms with Crippen molar-refractivity contribution in [2.45, 2.75) is 26.3 Å². The van der Waals surface area contributed by atoms with Crippen LogP contribution in [-0.2, 0) is 13.0 Å². The molecular formula is C19H21NO2. The summed E-state index contributed by atoms with van der Waals surface area (Å²) >= 11 is 0. The van der Waals surface area contributed by atoms with Crippen molar-refractivity contribution in [3.05, 3.63) is 65.2 Å². The molecule has 0 fully saturated rings. The number of aryl methyl sites for hydroxylation is 1. The lowest BCUT2D eigenvalue weighted by molar-refractivity contribution is 0.0770. The van der Waals surface area contributed by atoms with Crippen LogP contribution >= 0.6 is 0 Å². The second-order valence-electron chi connectivity index (χ2n) is 5.58. The van der Waals surface area contributed by atoms with Crippen LogP contribution < -0.4 is 4.74 Å². The average molecular weight is 295 g/mol. The molecular weight excluding hydrogens is 274 g/mol. The second-order valence-corrected chi connectivity index (χ2v) is 5.58. The summed E-state index contributed by atoms with van der Waals surface area (Å²) in [5, 5.41) is 0. The van der Waals surface area contributed by atoms with E-state index in [1.54, 1.807) is 0 Å². The minimum absolute atomic E-state index is 0.142. The fourth-order valence-electron chi connectivity index (χ4n) is 2.76. The summed E-state index contributed by atoms with van der Waals surface area (Å²) < 4.78 is 5.74. The SMILES string of the molecule is CCc1ccc(OCCCN2Cc3ccccc3C2=O)cc1. The molecule has 1 amide bonds. The maximum Gasteiger partial charge on any atom is 0.254 e. The molecule has 22 heavy (non-hydrogen) atoms. The first kappa shape index (κ1) is 14.6. The van der Waals surface area contributed by atoms with E-state index in [0.29, 0.717) is 6.61 Å². The predicted octanol–water partition coefficient (Wildman–Crippen LogP) is 3.67. The molecule has 0 unspecified atom stereocenters. The van der Waals surface area contributed by atoms with Gasteiger partial charge in [0.25, 0.3) is 5.91 Å². The van der Waals surface area contributed by atoms with Gasteiger partial charge in [0, 0.05) is 18.7 Å². The van der Waals surface area contributed by atoms with Crippen molar-refractivity contribution in [2.75, 3.05) is 13.2 Å². The van der Waals surface area contributed by atoms with E-state index in [4.69, 9.17) is 4.74 Å². The standard InChI is InChI=1S/C19H21NO2/c1-2-15-8-10-17(11-9-15)22-13-5-12-20-14-16-6-3-4-7-18(16)19(20)21/h3-4,6-11H,2,5,12-14H2,1H3. The Bertz CT molecular complexity index is 649. The van der Waals surface area contributed by atoms with Crippen LogP contribution in [0.4, 0.5) is 0 Å². The highest BCUT2D eigenvalue weighted by molar-refractivity contribution is 5.98. The molecule has 0 bridgehead atoms. The number of hydrogen-bond donors (Lipinski definition) is 0. The summed E-state index contributed by atoms with van der Waals surface area (Å²) in [5.74, 6) is 1.04. The van der Waals surface area contributed by atoms with Crippen LogP contribution in [0.3, 0.4) is 0 Å². The lowest BCUT2D eigenvalue weighted by atomic mass is 10.1. The molecule has 3 rings (SSSR count). The Labute approximate surface area is 131 Å². The van der Waals surface area contributed by atoms with Gasteiger partial charge in [-0.05, 0) is 42.2 Å². The highest BCUT2D eigenvalue weighted by Gasteiger charge is 2.25. The van der Waals surface area contributed by atoms with Crippen molar-refractivity contribution in [1.82, 2.24) is 4.90 Å². The maximum atomic E-state index is 12.2. The Balaban J connectivity index is 1.45. The molecule has 2 aromatic carbocycles. The number of carbonyl (C=O) groups is 1. The normalized spacial score (nSPS) is 13.3. The molecule has 114 valence electrons.